The molecule has 0 saturated carbocycles. The zero-order valence-electron chi connectivity index (χ0n) is 15.8. The Labute approximate surface area is 161 Å². The van der Waals surface area contributed by atoms with Gasteiger partial charge in [0.15, 0.2) is 0 Å². The molecule has 6 heteroatoms. The van der Waals surface area contributed by atoms with Crippen molar-refractivity contribution in [1.29, 1.82) is 0 Å². The molecule has 27 heavy (non-hydrogen) atoms. The lowest BCUT2D eigenvalue weighted by Gasteiger charge is -2.30. The molecule has 0 bridgehead atoms. The van der Waals surface area contributed by atoms with Crippen molar-refractivity contribution < 1.29 is 13.2 Å². The summed E-state index contributed by atoms with van der Waals surface area (Å²) in [6.45, 7) is 4.72. The van der Waals surface area contributed by atoms with Crippen LogP contribution in [0.1, 0.15) is 30.9 Å². The van der Waals surface area contributed by atoms with E-state index in [2.05, 4.69) is 5.32 Å². The molecule has 1 aliphatic heterocycles. The molecule has 5 nitrogen and oxygen atoms in total. The molecule has 1 fully saturated rings. The van der Waals surface area contributed by atoms with Crippen molar-refractivity contribution in [2.24, 2.45) is 5.92 Å². The second kappa shape index (κ2) is 8.23. The van der Waals surface area contributed by atoms with Gasteiger partial charge in [-0.15, -0.1) is 0 Å². The fraction of sp³-hybridized carbons (Fsp3) is 0.381. The van der Waals surface area contributed by atoms with Gasteiger partial charge in [-0.2, -0.15) is 4.31 Å². The molecule has 1 heterocycles. The number of carbonyl (C=O) groups is 1. The summed E-state index contributed by atoms with van der Waals surface area (Å²) in [7, 11) is -3.50. The number of anilines is 1. The summed E-state index contributed by atoms with van der Waals surface area (Å²) in [4.78, 5) is 12.9. The summed E-state index contributed by atoms with van der Waals surface area (Å²) in [5, 5.41) is 2.97. The molecule has 1 saturated heterocycles. The van der Waals surface area contributed by atoms with Crippen molar-refractivity contribution in [2.75, 3.05) is 18.4 Å². The van der Waals surface area contributed by atoms with Gasteiger partial charge in [-0.25, -0.2) is 8.42 Å². The van der Waals surface area contributed by atoms with Gasteiger partial charge in [-0.05, 0) is 55.5 Å². The predicted molar refractivity (Wildman–Crippen MR) is 107 cm³/mol. The van der Waals surface area contributed by atoms with Crippen LogP contribution in [0, 0.1) is 12.8 Å². The van der Waals surface area contributed by atoms with Gasteiger partial charge < -0.3 is 5.32 Å². The van der Waals surface area contributed by atoms with E-state index in [-0.39, 0.29) is 11.8 Å². The van der Waals surface area contributed by atoms with Crippen LogP contribution in [-0.2, 0) is 21.2 Å². The molecule has 0 aliphatic carbocycles. The van der Waals surface area contributed by atoms with Crippen LogP contribution in [0.15, 0.2) is 53.4 Å². The number of benzene rings is 2. The summed E-state index contributed by atoms with van der Waals surface area (Å²) in [6, 6.07) is 14.7. The van der Waals surface area contributed by atoms with Crippen molar-refractivity contribution in [1.82, 2.24) is 4.31 Å². The summed E-state index contributed by atoms with van der Waals surface area (Å²) >= 11 is 0. The molecule has 0 aromatic heterocycles. The Kier molecular flexibility index (Phi) is 5.97. The largest absolute Gasteiger partial charge is 0.326 e. The molecule has 0 radical (unpaired) electrons. The summed E-state index contributed by atoms with van der Waals surface area (Å²) in [5.74, 6) is -0.202. The van der Waals surface area contributed by atoms with Crippen LogP contribution in [0.3, 0.4) is 0 Å². The molecule has 1 aliphatic rings. The van der Waals surface area contributed by atoms with Gasteiger partial charge in [0.1, 0.15) is 0 Å². The Hall–Kier alpha value is -2.18. The van der Waals surface area contributed by atoms with E-state index in [1.165, 1.54) is 4.31 Å². The average molecular weight is 387 g/mol. The molecule has 2 aromatic carbocycles. The lowest BCUT2D eigenvalue weighted by molar-refractivity contribution is -0.120. The third kappa shape index (κ3) is 4.39. The number of hydrogen-bond acceptors (Lipinski definition) is 3. The standard InChI is InChI=1S/C21H26N2O3S/c1-3-17-8-10-19(11-9-17)27(25,26)23-14-12-18(13-15-23)21(24)22-20-7-5-4-6-16(20)2/h4-11,18H,3,12-15H2,1-2H3,(H,22,24). The summed E-state index contributed by atoms with van der Waals surface area (Å²) in [5.41, 5.74) is 2.94. The van der Waals surface area contributed by atoms with Crippen LogP contribution in [0.5, 0.6) is 0 Å². The molecule has 2 aromatic rings. The number of amides is 1. The van der Waals surface area contributed by atoms with E-state index in [4.69, 9.17) is 0 Å². The zero-order chi connectivity index (χ0) is 19.4. The van der Waals surface area contributed by atoms with Gasteiger partial charge in [0.25, 0.3) is 0 Å². The smallest absolute Gasteiger partial charge is 0.243 e. The highest BCUT2D eigenvalue weighted by atomic mass is 32.2. The zero-order valence-corrected chi connectivity index (χ0v) is 16.6. The topological polar surface area (TPSA) is 66.5 Å². The number of aryl methyl sites for hydroxylation is 2. The maximum absolute atomic E-state index is 12.8. The fourth-order valence-corrected chi connectivity index (χ4v) is 4.82. The molecule has 144 valence electrons. The predicted octanol–water partition coefficient (Wildman–Crippen LogP) is 3.60. The molecule has 0 unspecified atom stereocenters. The van der Waals surface area contributed by atoms with Gasteiger partial charge in [0.2, 0.25) is 15.9 Å². The molecule has 1 amide bonds. The maximum Gasteiger partial charge on any atom is 0.243 e. The molecule has 3 rings (SSSR count). The van der Waals surface area contributed by atoms with E-state index in [1.807, 2.05) is 50.2 Å². The fourth-order valence-electron chi connectivity index (χ4n) is 3.35. The molecular weight excluding hydrogens is 360 g/mol. The van der Waals surface area contributed by atoms with Crippen LogP contribution < -0.4 is 5.32 Å². The third-order valence-corrected chi connectivity index (χ3v) is 7.11. The first kappa shape index (κ1) is 19.6. The van der Waals surface area contributed by atoms with Gasteiger partial charge in [-0.3, -0.25) is 4.79 Å². The highest BCUT2D eigenvalue weighted by molar-refractivity contribution is 7.89. The van der Waals surface area contributed by atoms with E-state index in [0.29, 0.717) is 30.8 Å². The lowest BCUT2D eigenvalue weighted by atomic mass is 9.97. The van der Waals surface area contributed by atoms with Crippen LogP contribution in [0.25, 0.3) is 0 Å². The third-order valence-electron chi connectivity index (χ3n) is 5.20. The first-order valence-corrected chi connectivity index (χ1v) is 10.8. The monoisotopic (exact) mass is 386 g/mol. The molecular formula is C21H26N2O3S. The number of rotatable bonds is 5. The van der Waals surface area contributed by atoms with Gasteiger partial charge in [0.05, 0.1) is 4.90 Å². The van der Waals surface area contributed by atoms with Crippen LogP contribution in [0.2, 0.25) is 0 Å². The maximum atomic E-state index is 12.8. The van der Waals surface area contributed by atoms with Gasteiger partial charge in [-0.1, -0.05) is 37.3 Å². The van der Waals surface area contributed by atoms with Crippen LogP contribution in [-0.4, -0.2) is 31.7 Å². The second-order valence-corrected chi connectivity index (χ2v) is 8.92. The normalized spacial score (nSPS) is 16.2. The van der Waals surface area contributed by atoms with Crippen LogP contribution in [0.4, 0.5) is 5.69 Å². The summed E-state index contributed by atoms with van der Waals surface area (Å²) in [6.07, 6.45) is 1.94. The number of carbonyl (C=O) groups excluding carboxylic acids is 1. The minimum atomic E-state index is -3.50. The number of para-hydroxylation sites is 1. The number of nitrogens with one attached hydrogen (secondary N) is 1. The minimum absolute atomic E-state index is 0.0337. The van der Waals surface area contributed by atoms with Crippen molar-refractivity contribution in [3.63, 3.8) is 0 Å². The van der Waals surface area contributed by atoms with Gasteiger partial charge in [0, 0.05) is 24.7 Å². The first-order chi connectivity index (χ1) is 12.9. The van der Waals surface area contributed by atoms with E-state index in [9.17, 15) is 13.2 Å². The highest BCUT2D eigenvalue weighted by Gasteiger charge is 2.32. The summed E-state index contributed by atoms with van der Waals surface area (Å²) < 4.78 is 27.1. The Morgan fingerprint density at radius 3 is 2.30 bits per heavy atom. The minimum Gasteiger partial charge on any atom is -0.326 e. The quantitative estimate of drug-likeness (QED) is 0.854. The van der Waals surface area contributed by atoms with E-state index in [1.54, 1.807) is 12.1 Å². The first-order valence-electron chi connectivity index (χ1n) is 9.37. The Morgan fingerprint density at radius 1 is 1.07 bits per heavy atom. The van der Waals surface area contributed by atoms with Crippen LogP contribution >= 0.6 is 0 Å². The second-order valence-electron chi connectivity index (χ2n) is 6.98. The lowest BCUT2D eigenvalue weighted by Crippen LogP contribution is -2.41. The van der Waals surface area contributed by atoms with Crippen molar-refractivity contribution in [3.05, 3.63) is 59.7 Å². The van der Waals surface area contributed by atoms with E-state index < -0.39 is 10.0 Å². The van der Waals surface area contributed by atoms with Crippen molar-refractivity contribution in [2.45, 2.75) is 38.0 Å². The van der Waals surface area contributed by atoms with Gasteiger partial charge >= 0.3 is 0 Å². The van der Waals surface area contributed by atoms with E-state index in [0.717, 1.165) is 23.2 Å². The Balaban J connectivity index is 1.62. The number of piperidine rings is 1. The van der Waals surface area contributed by atoms with E-state index >= 15 is 0 Å². The molecule has 1 N–H and O–H groups in total. The molecule has 0 spiro atoms. The van der Waals surface area contributed by atoms with Crippen molar-refractivity contribution in [3.8, 4) is 0 Å². The number of nitrogens with zero attached hydrogens (tertiary/aromatic N) is 1. The Bertz CT molecular complexity index is 899. The number of hydrogen-bond donors (Lipinski definition) is 1. The SMILES string of the molecule is CCc1ccc(S(=O)(=O)N2CCC(C(=O)Nc3ccccc3C)CC2)cc1. The number of sulfonamides is 1. The Morgan fingerprint density at radius 2 is 1.70 bits per heavy atom. The molecule has 0 atom stereocenters. The average Bonchev–Trinajstić information content (AvgIpc) is 2.70. The van der Waals surface area contributed by atoms with Crippen molar-refractivity contribution >= 4 is 21.6 Å². The highest BCUT2D eigenvalue weighted by Crippen LogP contribution is 2.25.